The molecule has 0 aromatic heterocycles. The first-order valence-corrected chi connectivity index (χ1v) is 6.75. The van der Waals surface area contributed by atoms with E-state index in [-0.39, 0.29) is 11.2 Å². The second kappa shape index (κ2) is 4.78. The minimum Gasteiger partial charge on any atom is -0.330 e. The molecule has 3 rings (SSSR count). The van der Waals surface area contributed by atoms with Gasteiger partial charge >= 0.3 is 0 Å². The Morgan fingerprint density at radius 3 is 2.26 bits per heavy atom. The Bertz CT molecular complexity index is 558. The fraction of sp³-hybridized carbons (Fsp3) is 0.294. The zero-order chi connectivity index (χ0) is 13.3. The molecule has 1 aliphatic rings. The number of hydrogen-bond acceptors (Lipinski definition) is 1. The Morgan fingerprint density at radius 2 is 1.63 bits per heavy atom. The van der Waals surface area contributed by atoms with Crippen LogP contribution in [0.3, 0.4) is 0 Å². The highest BCUT2D eigenvalue weighted by Crippen LogP contribution is 2.52. The highest BCUT2D eigenvalue weighted by Gasteiger charge is 2.46. The molecular weight excluding hydrogens is 237 g/mol. The summed E-state index contributed by atoms with van der Waals surface area (Å²) in [5, 5.41) is 0. The van der Waals surface area contributed by atoms with Gasteiger partial charge in [0.2, 0.25) is 0 Å². The summed E-state index contributed by atoms with van der Waals surface area (Å²) < 4.78 is 14.0. The molecule has 1 saturated carbocycles. The van der Waals surface area contributed by atoms with Gasteiger partial charge in [-0.15, -0.1) is 0 Å². The Labute approximate surface area is 113 Å². The van der Waals surface area contributed by atoms with Crippen LogP contribution >= 0.6 is 0 Å². The molecule has 1 fully saturated rings. The number of nitrogens with two attached hydrogens (primary N) is 1. The van der Waals surface area contributed by atoms with Crippen LogP contribution in [0, 0.1) is 5.82 Å². The van der Waals surface area contributed by atoms with Crippen molar-refractivity contribution in [1.82, 2.24) is 0 Å². The van der Waals surface area contributed by atoms with E-state index in [2.05, 4.69) is 24.3 Å². The molecular formula is C17H18FN. The zero-order valence-electron chi connectivity index (χ0n) is 10.9. The third-order valence-corrected chi connectivity index (χ3v) is 4.38. The lowest BCUT2D eigenvalue weighted by Gasteiger charge is -2.48. The van der Waals surface area contributed by atoms with Crippen molar-refractivity contribution in [3.63, 3.8) is 0 Å². The molecule has 2 aromatic carbocycles. The predicted octanol–water partition coefficient (Wildman–Crippen LogP) is 3.60. The Morgan fingerprint density at radius 1 is 1.00 bits per heavy atom. The minimum atomic E-state index is -0.175. The lowest BCUT2D eigenvalue weighted by molar-refractivity contribution is 0.203. The van der Waals surface area contributed by atoms with Crippen molar-refractivity contribution < 1.29 is 4.39 Å². The van der Waals surface area contributed by atoms with Gasteiger partial charge in [0.15, 0.2) is 0 Å². The van der Waals surface area contributed by atoms with Crippen molar-refractivity contribution in [1.29, 1.82) is 0 Å². The summed E-state index contributed by atoms with van der Waals surface area (Å²) in [6, 6.07) is 17.5. The van der Waals surface area contributed by atoms with Gasteiger partial charge in [-0.3, -0.25) is 0 Å². The maximum atomic E-state index is 14.0. The summed E-state index contributed by atoms with van der Waals surface area (Å²) in [4.78, 5) is 0. The van der Waals surface area contributed by atoms with Gasteiger partial charge in [-0.2, -0.15) is 0 Å². The summed E-state index contributed by atoms with van der Waals surface area (Å²) in [5.74, 6) is 0.379. The van der Waals surface area contributed by atoms with Gasteiger partial charge < -0.3 is 5.73 Å². The summed E-state index contributed by atoms with van der Waals surface area (Å²) in [6.07, 6.45) is 1.88. The molecule has 0 atom stereocenters. The predicted molar refractivity (Wildman–Crippen MR) is 75.5 cm³/mol. The maximum Gasteiger partial charge on any atom is 0.127 e. The van der Waals surface area contributed by atoms with Crippen LogP contribution in [0.2, 0.25) is 0 Å². The van der Waals surface area contributed by atoms with Gasteiger partial charge in [-0.1, -0.05) is 48.5 Å². The average Bonchev–Trinajstić information content (AvgIpc) is 2.41. The van der Waals surface area contributed by atoms with E-state index in [4.69, 9.17) is 5.73 Å². The smallest absolute Gasteiger partial charge is 0.127 e. The number of halogens is 1. The molecule has 0 amide bonds. The highest BCUT2D eigenvalue weighted by molar-refractivity contribution is 5.35. The quantitative estimate of drug-likeness (QED) is 0.891. The van der Waals surface area contributed by atoms with E-state index in [1.54, 1.807) is 6.07 Å². The number of rotatable bonds is 3. The van der Waals surface area contributed by atoms with E-state index in [0.29, 0.717) is 12.5 Å². The lowest BCUT2D eigenvalue weighted by atomic mass is 9.57. The monoisotopic (exact) mass is 255 g/mol. The topological polar surface area (TPSA) is 26.0 Å². The SMILES string of the molecule is NCC1(c2ccccc2F)CC(c2ccccc2)C1. The third kappa shape index (κ3) is 2.06. The highest BCUT2D eigenvalue weighted by atomic mass is 19.1. The van der Waals surface area contributed by atoms with Crippen LogP contribution in [0.1, 0.15) is 29.9 Å². The minimum absolute atomic E-state index is 0.125. The van der Waals surface area contributed by atoms with Crippen LogP contribution in [0.15, 0.2) is 54.6 Å². The Balaban J connectivity index is 1.84. The van der Waals surface area contributed by atoms with E-state index in [1.165, 1.54) is 11.6 Å². The molecule has 1 nitrogen and oxygen atoms in total. The third-order valence-electron chi connectivity index (χ3n) is 4.38. The second-order valence-corrected chi connectivity index (χ2v) is 5.48. The largest absolute Gasteiger partial charge is 0.330 e. The fourth-order valence-corrected chi connectivity index (χ4v) is 3.23. The lowest BCUT2D eigenvalue weighted by Crippen LogP contribution is -2.46. The van der Waals surface area contributed by atoms with E-state index < -0.39 is 0 Å². The number of hydrogen-bond donors (Lipinski definition) is 1. The Kier molecular flexibility index (Phi) is 3.11. The van der Waals surface area contributed by atoms with Crippen LogP contribution in [0.4, 0.5) is 4.39 Å². The molecule has 0 saturated heterocycles. The molecule has 0 bridgehead atoms. The summed E-state index contributed by atoms with van der Waals surface area (Å²) in [7, 11) is 0. The van der Waals surface area contributed by atoms with Gasteiger partial charge in [-0.25, -0.2) is 4.39 Å². The summed E-state index contributed by atoms with van der Waals surface area (Å²) in [6.45, 7) is 0.511. The first-order chi connectivity index (χ1) is 9.25. The van der Waals surface area contributed by atoms with Crippen LogP contribution < -0.4 is 5.73 Å². The van der Waals surface area contributed by atoms with Gasteiger partial charge in [0.05, 0.1) is 0 Å². The molecule has 98 valence electrons. The van der Waals surface area contributed by atoms with E-state index in [0.717, 1.165) is 18.4 Å². The van der Waals surface area contributed by atoms with E-state index >= 15 is 0 Å². The standard InChI is InChI=1S/C17H18FN/c18-16-9-5-4-8-15(16)17(12-19)10-14(11-17)13-6-2-1-3-7-13/h1-9,14H,10-12,19H2. The molecule has 19 heavy (non-hydrogen) atoms. The van der Waals surface area contributed by atoms with Crippen LogP contribution in [0.25, 0.3) is 0 Å². The second-order valence-electron chi connectivity index (χ2n) is 5.48. The molecule has 2 heteroatoms. The first kappa shape index (κ1) is 12.4. The molecule has 0 unspecified atom stereocenters. The van der Waals surface area contributed by atoms with Gasteiger partial charge in [0, 0.05) is 12.0 Å². The van der Waals surface area contributed by atoms with E-state index in [9.17, 15) is 4.39 Å². The van der Waals surface area contributed by atoms with Gasteiger partial charge in [0.1, 0.15) is 5.82 Å². The molecule has 0 aliphatic heterocycles. The normalized spacial score (nSPS) is 25.9. The molecule has 2 aromatic rings. The van der Waals surface area contributed by atoms with Crippen molar-refractivity contribution in [2.75, 3.05) is 6.54 Å². The summed E-state index contributed by atoms with van der Waals surface area (Å²) >= 11 is 0. The zero-order valence-corrected chi connectivity index (χ0v) is 10.9. The summed E-state index contributed by atoms with van der Waals surface area (Å²) in [5.41, 5.74) is 7.89. The fourth-order valence-electron chi connectivity index (χ4n) is 3.23. The number of benzene rings is 2. The first-order valence-electron chi connectivity index (χ1n) is 6.75. The van der Waals surface area contributed by atoms with Crippen molar-refractivity contribution in [3.8, 4) is 0 Å². The van der Waals surface area contributed by atoms with Crippen molar-refractivity contribution in [3.05, 3.63) is 71.5 Å². The van der Waals surface area contributed by atoms with Crippen molar-refractivity contribution >= 4 is 0 Å². The van der Waals surface area contributed by atoms with E-state index in [1.807, 2.05) is 18.2 Å². The molecule has 1 aliphatic carbocycles. The Hall–Kier alpha value is -1.67. The van der Waals surface area contributed by atoms with Gasteiger partial charge in [0.25, 0.3) is 0 Å². The van der Waals surface area contributed by atoms with Crippen LogP contribution in [-0.4, -0.2) is 6.54 Å². The van der Waals surface area contributed by atoms with Gasteiger partial charge in [-0.05, 0) is 36.0 Å². The van der Waals surface area contributed by atoms with Crippen molar-refractivity contribution in [2.24, 2.45) is 5.73 Å². The maximum absolute atomic E-state index is 14.0. The van der Waals surface area contributed by atoms with Crippen LogP contribution in [0.5, 0.6) is 0 Å². The molecule has 0 radical (unpaired) electrons. The molecule has 0 heterocycles. The van der Waals surface area contributed by atoms with Crippen LogP contribution in [-0.2, 0) is 5.41 Å². The average molecular weight is 255 g/mol. The van der Waals surface area contributed by atoms with Crippen molar-refractivity contribution in [2.45, 2.75) is 24.2 Å². The molecule has 2 N–H and O–H groups in total. The molecule has 0 spiro atoms.